The third-order valence-electron chi connectivity index (χ3n) is 3.58. The van der Waals surface area contributed by atoms with E-state index in [1.807, 2.05) is 31.1 Å². The first-order chi connectivity index (χ1) is 10.5. The van der Waals surface area contributed by atoms with E-state index in [0.29, 0.717) is 29.0 Å². The van der Waals surface area contributed by atoms with Crippen molar-refractivity contribution in [2.24, 2.45) is 10.9 Å². The molecule has 22 heavy (non-hydrogen) atoms. The summed E-state index contributed by atoms with van der Waals surface area (Å²) < 4.78 is 0. The highest BCUT2D eigenvalue weighted by atomic mass is 16.1. The summed E-state index contributed by atoms with van der Waals surface area (Å²) in [5, 5.41) is 8.95. The Kier molecular flexibility index (Phi) is 5.26. The largest absolute Gasteiger partial charge is 0.369 e. The Morgan fingerprint density at radius 3 is 2.45 bits per heavy atom. The average molecular weight is 298 g/mol. The fraction of sp³-hybridized carbons (Fsp3) is 0.529. The molecule has 0 N–H and O–H groups in total. The minimum Gasteiger partial charge on any atom is -0.369 e. The van der Waals surface area contributed by atoms with E-state index in [1.54, 1.807) is 13.3 Å². The molecule has 0 aliphatic heterocycles. The molecule has 2 aliphatic carbocycles. The molecule has 0 atom stereocenters. The lowest BCUT2D eigenvalue weighted by atomic mass is 10.2. The summed E-state index contributed by atoms with van der Waals surface area (Å²) >= 11 is 0. The van der Waals surface area contributed by atoms with Gasteiger partial charge in [-0.2, -0.15) is 5.26 Å². The van der Waals surface area contributed by atoms with Gasteiger partial charge in [-0.3, -0.25) is 4.79 Å². The summed E-state index contributed by atoms with van der Waals surface area (Å²) in [6.07, 6.45) is 6.37. The molecular formula is C17H22N4O. The van der Waals surface area contributed by atoms with Gasteiger partial charge in [-0.25, -0.2) is 9.98 Å². The van der Waals surface area contributed by atoms with Gasteiger partial charge in [0.15, 0.2) is 5.82 Å². The smallest absolute Gasteiger partial charge is 0.171 e. The number of carbonyl (C=O) groups is 1. The minimum absolute atomic E-state index is 0.370. The van der Waals surface area contributed by atoms with Crippen molar-refractivity contribution < 1.29 is 4.79 Å². The molecule has 5 nitrogen and oxygen atoms in total. The lowest BCUT2D eigenvalue weighted by Crippen LogP contribution is -2.07. The maximum Gasteiger partial charge on any atom is 0.171 e. The molecule has 3 rings (SSSR count). The van der Waals surface area contributed by atoms with Crippen molar-refractivity contribution in [2.75, 3.05) is 14.1 Å². The lowest BCUT2D eigenvalue weighted by molar-refractivity contribution is -0.118. The van der Waals surface area contributed by atoms with Crippen LogP contribution in [0, 0.1) is 17.2 Å². The number of rotatable bonds is 4. The Balaban J connectivity index is 0.000000246. The van der Waals surface area contributed by atoms with Gasteiger partial charge in [0.25, 0.3) is 0 Å². The first-order valence-corrected chi connectivity index (χ1v) is 7.63. The number of nitriles is 1. The molecule has 1 heterocycles. The number of carbonyl (C=O) groups excluding carboxylic acids is 1. The van der Waals surface area contributed by atoms with Crippen LogP contribution < -0.4 is 0 Å². The van der Waals surface area contributed by atoms with Crippen LogP contribution in [0.5, 0.6) is 0 Å². The number of ketones is 1. The second kappa shape index (κ2) is 7.17. The zero-order valence-corrected chi connectivity index (χ0v) is 13.4. The van der Waals surface area contributed by atoms with Gasteiger partial charge in [0, 0.05) is 31.6 Å². The molecule has 2 saturated carbocycles. The van der Waals surface area contributed by atoms with Gasteiger partial charge in [0.05, 0.1) is 11.9 Å². The monoisotopic (exact) mass is 298 g/mol. The predicted molar refractivity (Wildman–Crippen MR) is 86.2 cm³/mol. The van der Waals surface area contributed by atoms with Gasteiger partial charge in [-0.05, 0) is 44.7 Å². The summed E-state index contributed by atoms with van der Waals surface area (Å²) in [6.45, 7) is 1.66. The molecule has 0 spiro atoms. The number of Topliss-reactive ketones (excluding diaryl/α,β-unsaturated/α-hetero) is 1. The molecule has 0 radical (unpaired) electrons. The molecule has 0 saturated heterocycles. The Bertz CT molecular complexity index is 608. The molecule has 0 unspecified atom stereocenters. The molecule has 0 bridgehead atoms. The quantitative estimate of drug-likeness (QED) is 0.633. The third-order valence-corrected chi connectivity index (χ3v) is 3.58. The minimum atomic E-state index is 0.370. The van der Waals surface area contributed by atoms with E-state index < -0.39 is 0 Å². The summed E-state index contributed by atoms with van der Waals surface area (Å²) in [5.41, 5.74) is 1.59. The molecule has 5 heteroatoms. The van der Waals surface area contributed by atoms with E-state index >= 15 is 0 Å². The standard InChI is InChI=1S/C12H14N4.C5H8O/c1-16(2)8-14-12-10(7-13)5-6-11(15-12)9-3-4-9;1-4(6)5-2-3-5/h5-6,8-9H,3-4H2,1-2H3;5H,2-3H2,1H3. The second-order valence-electron chi connectivity index (χ2n) is 6.09. The molecule has 0 aromatic carbocycles. The zero-order chi connectivity index (χ0) is 16.1. The van der Waals surface area contributed by atoms with Gasteiger partial charge in [0.2, 0.25) is 0 Å². The Morgan fingerprint density at radius 1 is 1.36 bits per heavy atom. The first-order valence-electron chi connectivity index (χ1n) is 7.63. The number of hydrogen-bond donors (Lipinski definition) is 0. The average Bonchev–Trinajstić information content (AvgIpc) is 3.37. The Morgan fingerprint density at radius 2 is 2.05 bits per heavy atom. The Hall–Kier alpha value is -2.22. The van der Waals surface area contributed by atoms with Crippen LogP contribution in [0.4, 0.5) is 5.82 Å². The van der Waals surface area contributed by atoms with Crippen LogP contribution in [0.2, 0.25) is 0 Å². The van der Waals surface area contributed by atoms with Crippen molar-refractivity contribution in [2.45, 2.75) is 38.5 Å². The van der Waals surface area contributed by atoms with E-state index in [-0.39, 0.29) is 0 Å². The van der Waals surface area contributed by atoms with Crippen LogP contribution in [-0.4, -0.2) is 36.1 Å². The van der Waals surface area contributed by atoms with Crippen molar-refractivity contribution in [3.05, 3.63) is 23.4 Å². The number of aromatic nitrogens is 1. The van der Waals surface area contributed by atoms with Crippen molar-refractivity contribution >= 4 is 17.9 Å². The highest BCUT2D eigenvalue weighted by Crippen LogP contribution is 2.39. The predicted octanol–water partition coefficient (Wildman–Crippen LogP) is 3.04. The fourth-order valence-corrected chi connectivity index (χ4v) is 1.92. The zero-order valence-electron chi connectivity index (χ0n) is 13.4. The van der Waals surface area contributed by atoms with Gasteiger partial charge in [-0.15, -0.1) is 0 Å². The summed E-state index contributed by atoms with van der Waals surface area (Å²) in [5.74, 6) is 1.95. The van der Waals surface area contributed by atoms with E-state index in [4.69, 9.17) is 5.26 Å². The van der Waals surface area contributed by atoms with Crippen molar-refractivity contribution in [1.82, 2.24) is 9.88 Å². The third kappa shape index (κ3) is 4.96. The number of nitrogens with zero attached hydrogens (tertiary/aromatic N) is 4. The molecule has 2 aliphatic rings. The normalized spacial score (nSPS) is 16.6. The molecule has 116 valence electrons. The van der Waals surface area contributed by atoms with Crippen LogP contribution in [0.1, 0.15) is 49.8 Å². The van der Waals surface area contributed by atoms with Gasteiger partial charge < -0.3 is 4.90 Å². The van der Waals surface area contributed by atoms with Crippen LogP contribution in [0.15, 0.2) is 17.1 Å². The van der Waals surface area contributed by atoms with E-state index in [2.05, 4.69) is 16.0 Å². The number of hydrogen-bond acceptors (Lipinski definition) is 4. The summed E-state index contributed by atoms with van der Waals surface area (Å²) in [4.78, 5) is 20.7. The first kappa shape index (κ1) is 16.2. The molecule has 2 fully saturated rings. The van der Waals surface area contributed by atoms with Crippen LogP contribution in [0.25, 0.3) is 0 Å². The maximum atomic E-state index is 10.2. The van der Waals surface area contributed by atoms with Crippen molar-refractivity contribution in [3.8, 4) is 6.07 Å². The van der Waals surface area contributed by atoms with Gasteiger partial charge in [-0.1, -0.05) is 0 Å². The molecule has 0 amide bonds. The van der Waals surface area contributed by atoms with Crippen molar-refractivity contribution in [1.29, 1.82) is 5.26 Å². The highest BCUT2D eigenvalue weighted by molar-refractivity contribution is 5.80. The molecule has 1 aromatic heterocycles. The summed E-state index contributed by atoms with van der Waals surface area (Å²) in [7, 11) is 3.78. The van der Waals surface area contributed by atoms with Crippen LogP contribution >= 0.6 is 0 Å². The van der Waals surface area contributed by atoms with Crippen molar-refractivity contribution in [3.63, 3.8) is 0 Å². The molecular weight excluding hydrogens is 276 g/mol. The highest BCUT2D eigenvalue weighted by Gasteiger charge is 2.26. The van der Waals surface area contributed by atoms with Crippen LogP contribution in [0.3, 0.4) is 0 Å². The second-order valence-corrected chi connectivity index (χ2v) is 6.09. The van der Waals surface area contributed by atoms with E-state index in [0.717, 1.165) is 18.5 Å². The van der Waals surface area contributed by atoms with Gasteiger partial charge in [0.1, 0.15) is 11.9 Å². The molecule has 1 aromatic rings. The number of pyridine rings is 1. The maximum absolute atomic E-state index is 10.2. The SMILES string of the molecule is CC(=O)C1CC1.CN(C)C=Nc1nc(C2CC2)ccc1C#N. The summed E-state index contributed by atoms with van der Waals surface area (Å²) in [6, 6.07) is 5.86. The Labute approximate surface area is 131 Å². The number of aliphatic imine (C=N–C) groups is 1. The van der Waals surface area contributed by atoms with E-state index in [9.17, 15) is 4.79 Å². The lowest BCUT2D eigenvalue weighted by Gasteiger charge is -2.04. The van der Waals surface area contributed by atoms with E-state index in [1.165, 1.54) is 12.8 Å². The van der Waals surface area contributed by atoms with Gasteiger partial charge >= 0.3 is 0 Å². The fourth-order valence-electron chi connectivity index (χ4n) is 1.92. The van der Waals surface area contributed by atoms with Crippen LogP contribution in [-0.2, 0) is 4.79 Å². The topological polar surface area (TPSA) is 69.3 Å².